The second-order valence-corrected chi connectivity index (χ2v) is 37.7. The number of carbonyl (C=O) groups excluding carboxylic acids is 9. The van der Waals surface area contributed by atoms with Crippen molar-refractivity contribution in [3.05, 3.63) is 238 Å². The number of methoxy groups -OCH3 is 3. The summed E-state index contributed by atoms with van der Waals surface area (Å²) in [4.78, 5) is 159. The van der Waals surface area contributed by atoms with Crippen LogP contribution in [0.25, 0.3) is 163 Å². The van der Waals surface area contributed by atoms with Gasteiger partial charge in [-0.25, -0.2) is 34.1 Å². The van der Waals surface area contributed by atoms with Crippen molar-refractivity contribution < 1.29 is 71.7 Å². The zero-order valence-corrected chi connectivity index (χ0v) is 80.0. The number of benzene rings is 10. The number of aromatic amines is 5. The maximum Gasteiger partial charge on any atom is 0.346 e. The number of halogens is 8. The monoisotopic (exact) mass is 2070 g/mol. The Kier molecular flexibility index (Phi) is 26.2. The summed E-state index contributed by atoms with van der Waals surface area (Å²) < 4.78 is 34.9. The molecule has 0 saturated carbocycles. The molecule has 0 saturated heterocycles. The number of nitrogens with two attached hydrogens (primary N) is 5. The van der Waals surface area contributed by atoms with E-state index in [1.807, 2.05) is 36.4 Å². The van der Waals surface area contributed by atoms with Gasteiger partial charge in [0.2, 0.25) is 11.8 Å². The molecule has 5 amide bonds. The van der Waals surface area contributed by atoms with Crippen molar-refractivity contribution in [1.82, 2.24) is 49.8 Å². The number of nitrogens with zero attached hydrogens (tertiary/aromatic N) is 5. The molecule has 0 fully saturated rings. The molecule has 42 heteroatoms. The maximum absolute atomic E-state index is 14.4. The van der Waals surface area contributed by atoms with E-state index in [1.165, 1.54) is 95.2 Å². The minimum absolute atomic E-state index is 0.0764. The summed E-state index contributed by atoms with van der Waals surface area (Å²) in [6.07, 6.45) is 0. The lowest BCUT2D eigenvalue weighted by atomic mass is 10.1. The van der Waals surface area contributed by atoms with Gasteiger partial charge in [-0.3, -0.25) is 43.2 Å². The number of nitrogens with one attached hydrogen (secondary N) is 5. The van der Waals surface area contributed by atoms with Gasteiger partial charge in [0.05, 0.1) is 137 Å². The first-order chi connectivity index (χ1) is 63.9. The van der Waals surface area contributed by atoms with Crippen molar-refractivity contribution in [2.24, 2.45) is 28.7 Å². The Balaban J connectivity index is 0.000000122. The predicted molar refractivity (Wildman–Crippen MR) is 532 cm³/mol. The summed E-state index contributed by atoms with van der Waals surface area (Å²) in [5, 5.41) is 15.4. The SMILES string of the molecule is CC(=O)c1sc2cccc(Cl)c2c1-c1nc2c(Cl)c(C(N)=O)ccc2[nH]1.COc1c(C(N)=O)ccc2[nH]c(-c3c(C(C)=O)sc4c(F)ccc(Br)c34)nc12.COc1c(C(N)=O)ccc2[nH]c(-c3c(C(C)=O)sc4cccc(Cl)c34)nc12.COc1c(C(N)=O)ccc2[nH]c(-c3c(C(C)=O)sc4cccc(Cl)c34)nc12.NC(=O)c1ccc2[nH]c(-c3c(C(=O)O)sc4cccc(Cl)c34)nc2c1Cl. The fourth-order valence-corrected chi connectivity index (χ4v) is 23.4. The number of rotatable bonds is 18. The number of imidazole rings is 5. The van der Waals surface area contributed by atoms with Gasteiger partial charge in [-0.15, -0.1) is 56.7 Å². The molecular weight excluding hydrogens is 2010 g/mol. The molecule has 20 aromatic rings. The van der Waals surface area contributed by atoms with Crippen LogP contribution in [-0.2, 0) is 0 Å². The van der Waals surface area contributed by atoms with Gasteiger partial charge >= 0.3 is 5.97 Å². The van der Waals surface area contributed by atoms with Crippen LogP contribution < -0.4 is 42.9 Å². The van der Waals surface area contributed by atoms with Gasteiger partial charge in [0.15, 0.2) is 40.4 Å². The number of fused-ring (bicyclic) bond motifs is 10. The number of hydrogen-bond acceptors (Lipinski definition) is 23. The second-order valence-electron chi connectivity index (χ2n) is 29.3. The number of primary amides is 5. The standard InChI is InChI=1S/C19H13BrFN3O3S.2C19H14ClN3O3S.C18H11Cl2N3O2S.C17H9Cl2N3O3S/c1-7(25)16-13(12-9(20)4-5-10(21)17(12)28-16)19-23-11-6-3-8(18(22)26)15(27-2)14(11)24-19;2*1-8(24)17-14(13-10(20)4-3-5-12(13)27-17)19-22-11-7-6-9(18(21)25)16(26-2)15(11)23-19;1-7(24)16-13(12-9(19)3-2-4-11(12)26-16)18-22-10-6-5-8(17(21)25)14(20)15(10)23-18;18-7-2-1-3-9-10(7)11(14(26-9)17(24)25)16-21-8-5-4-6(15(20)23)12(19)13(8)22-16/h3-6H,1-2H3,(H2,22,26)(H,23,24);2*3-7H,1-2H3,(H2,21,25)(H,22,23);2-6H,1H3,(H2,21,25)(H,22,23);1-5H,(H2,20,23)(H,21,22)(H,24,25). The van der Waals surface area contributed by atoms with E-state index >= 15 is 0 Å². The zero-order valence-electron chi connectivity index (χ0n) is 69.8. The van der Waals surface area contributed by atoms with E-state index in [9.17, 15) is 57.4 Å². The molecule has 10 aromatic carbocycles. The van der Waals surface area contributed by atoms with Gasteiger partial charge in [-0.05, 0) is 149 Å². The van der Waals surface area contributed by atoms with Gasteiger partial charge in [0.1, 0.15) is 67.4 Å². The van der Waals surface area contributed by atoms with Crippen LogP contribution in [0, 0.1) is 5.82 Å². The van der Waals surface area contributed by atoms with Crippen LogP contribution in [0.3, 0.4) is 0 Å². The molecule has 0 bridgehead atoms. The number of ether oxygens (including phenoxy) is 3. The van der Waals surface area contributed by atoms with Crippen LogP contribution in [0.1, 0.15) is 128 Å². The van der Waals surface area contributed by atoms with E-state index in [0.717, 1.165) is 57.6 Å². The Morgan fingerprint density at radius 2 is 0.582 bits per heavy atom. The number of thiophene rings is 5. The van der Waals surface area contributed by atoms with Gasteiger partial charge in [0, 0.05) is 72.5 Å². The number of ketones is 4. The molecule has 0 aliphatic heterocycles. The quantitative estimate of drug-likeness (QED) is 0.0355. The molecule has 0 spiro atoms. The summed E-state index contributed by atoms with van der Waals surface area (Å²) in [6, 6.07) is 40.9. The highest BCUT2D eigenvalue weighted by Crippen LogP contribution is 2.50. The fourth-order valence-electron chi connectivity index (χ4n) is 15.2. The summed E-state index contributed by atoms with van der Waals surface area (Å²) in [5.74, 6) is -2.16. The van der Waals surface area contributed by atoms with Gasteiger partial charge < -0.3 is 72.9 Å². The summed E-state index contributed by atoms with van der Waals surface area (Å²) in [7, 11) is 4.32. The number of H-pyrrole nitrogens is 5. The van der Waals surface area contributed by atoms with Crippen molar-refractivity contribution in [3.8, 4) is 74.2 Å². The van der Waals surface area contributed by atoms with Crippen LogP contribution in [0.5, 0.6) is 17.2 Å². The highest BCUT2D eigenvalue weighted by atomic mass is 79.9. The van der Waals surface area contributed by atoms with Crippen LogP contribution in [0.15, 0.2) is 150 Å². The Morgan fingerprint density at radius 1 is 0.336 bits per heavy atom. The van der Waals surface area contributed by atoms with E-state index in [-0.39, 0.29) is 83.1 Å². The molecule has 0 aliphatic rings. The fraction of sp³-hybridized carbons (Fsp3) is 0.0761. The number of amides is 5. The van der Waals surface area contributed by atoms with E-state index in [1.54, 1.807) is 97.1 Å². The van der Waals surface area contributed by atoms with Crippen molar-refractivity contribution >= 4 is 306 Å². The largest absolute Gasteiger partial charge is 0.494 e. The highest BCUT2D eigenvalue weighted by Gasteiger charge is 2.32. The van der Waals surface area contributed by atoms with Crippen LogP contribution in [-0.4, -0.2) is 135 Å². The van der Waals surface area contributed by atoms with Crippen LogP contribution >= 0.6 is 142 Å². The molecule has 0 aliphatic carbocycles. The lowest BCUT2D eigenvalue weighted by Crippen LogP contribution is -2.12. The molecule has 0 radical (unpaired) electrons. The molecule has 20 rings (SSSR count). The number of carbonyl (C=O) groups is 10. The Morgan fingerprint density at radius 3 is 0.851 bits per heavy atom. The normalized spacial score (nSPS) is 11.3. The molecule has 0 unspecified atom stereocenters. The van der Waals surface area contributed by atoms with E-state index in [4.69, 9.17) is 112 Å². The smallest absolute Gasteiger partial charge is 0.346 e. The summed E-state index contributed by atoms with van der Waals surface area (Å²) in [6.45, 7) is 5.95. The molecule has 10 heterocycles. The Bertz CT molecular complexity index is 8110. The molecule has 0 atom stereocenters. The summed E-state index contributed by atoms with van der Waals surface area (Å²) in [5.41, 5.74) is 35.9. The number of carboxylic acid groups (broad SMARTS) is 1. The first kappa shape index (κ1) is 93.6. The van der Waals surface area contributed by atoms with Crippen molar-refractivity contribution in [2.45, 2.75) is 27.7 Å². The topological polar surface area (TPSA) is 492 Å². The number of aromatic carboxylic acids is 1. The second kappa shape index (κ2) is 37.5. The lowest BCUT2D eigenvalue weighted by molar-refractivity contribution is 0.0700. The highest BCUT2D eigenvalue weighted by molar-refractivity contribution is 9.10. The molecule has 16 N–H and O–H groups in total. The van der Waals surface area contributed by atoms with Gasteiger partial charge in [-0.1, -0.05) is 110 Å². The predicted octanol–water partition coefficient (Wildman–Crippen LogP) is 23.1. The third-order valence-electron chi connectivity index (χ3n) is 21.0. The van der Waals surface area contributed by atoms with Crippen molar-refractivity contribution in [2.75, 3.05) is 21.3 Å². The van der Waals surface area contributed by atoms with Crippen molar-refractivity contribution in [1.29, 1.82) is 0 Å². The van der Waals surface area contributed by atoms with E-state index < -0.39 is 41.3 Å². The molecule has 134 heavy (non-hydrogen) atoms. The zero-order chi connectivity index (χ0) is 95.9. The third kappa shape index (κ3) is 16.9. The van der Waals surface area contributed by atoms with Crippen LogP contribution in [0.2, 0.25) is 30.1 Å². The Hall–Kier alpha value is -13.6. The third-order valence-corrected chi connectivity index (χ3v) is 29.9. The minimum atomic E-state index is -1.08. The van der Waals surface area contributed by atoms with E-state index in [0.29, 0.717) is 172 Å². The minimum Gasteiger partial charge on any atom is -0.494 e. The molecule has 29 nitrogen and oxygen atoms in total. The van der Waals surface area contributed by atoms with Crippen LogP contribution in [0.4, 0.5) is 4.39 Å². The first-order valence-electron chi connectivity index (χ1n) is 39.0. The van der Waals surface area contributed by atoms with Gasteiger partial charge in [-0.2, -0.15) is 0 Å². The lowest BCUT2D eigenvalue weighted by Gasteiger charge is -2.05. The van der Waals surface area contributed by atoms with Gasteiger partial charge in [0.25, 0.3) is 17.7 Å². The number of hydrogen-bond donors (Lipinski definition) is 11. The molecule has 10 aromatic heterocycles. The van der Waals surface area contributed by atoms with Crippen molar-refractivity contribution in [3.63, 3.8) is 0 Å². The Labute approximate surface area is 811 Å². The number of carboxylic acids is 1. The van der Waals surface area contributed by atoms with E-state index in [2.05, 4.69) is 65.8 Å². The average molecular weight is 2070 g/mol. The average Bonchev–Trinajstić information content (AvgIpc) is 1.64. The first-order valence-corrected chi connectivity index (χ1v) is 46.2. The number of Topliss-reactive ketones (excluding diaryl/α,β-unsaturated/α-hetero) is 4. The molecule has 674 valence electrons. The summed E-state index contributed by atoms with van der Waals surface area (Å²) >= 11 is 47.8. The molecular formula is C92H61BrCl6FN15O14S5. The number of aromatic nitrogens is 10. The maximum atomic E-state index is 14.4.